The number of rotatable bonds is 2. The van der Waals surface area contributed by atoms with Crippen LogP contribution in [0.4, 0.5) is 5.69 Å². The molecule has 4 nitrogen and oxygen atoms in total. The average molecular weight is 216 g/mol. The zero-order valence-electron chi connectivity index (χ0n) is 9.15. The summed E-state index contributed by atoms with van der Waals surface area (Å²) in [5, 5.41) is 2.81. The molecule has 1 aromatic carbocycles. The van der Waals surface area contributed by atoms with E-state index in [1.807, 2.05) is 32.0 Å². The highest BCUT2D eigenvalue weighted by Crippen LogP contribution is 2.20. The summed E-state index contributed by atoms with van der Waals surface area (Å²) in [5.41, 5.74) is 2.87. The van der Waals surface area contributed by atoms with Crippen molar-refractivity contribution in [3.63, 3.8) is 0 Å². The number of carbonyl (C=O) groups excluding carboxylic acids is 1. The van der Waals surface area contributed by atoms with Crippen LogP contribution in [0.5, 0.6) is 0 Å². The largest absolute Gasteiger partial charge is 0.438 e. The first kappa shape index (κ1) is 10.4. The molecule has 0 atom stereocenters. The fourth-order valence-corrected chi connectivity index (χ4v) is 1.51. The van der Waals surface area contributed by atoms with Crippen molar-refractivity contribution in [2.45, 2.75) is 13.8 Å². The van der Waals surface area contributed by atoms with Crippen molar-refractivity contribution in [3.8, 4) is 0 Å². The molecule has 0 saturated heterocycles. The highest BCUT2D eigenvalue weighted by molar-refractivity contribution is 6.02. The van der Waals surface area contributed by atoms with Gasteiger partial charge in [-0.2, -0.15) is 0 Å². The Hall–Kier alpha value is -2.10. The molecule has 0 spiro atoms. The van der Waals surface area contributed by atoms with Crippen LogP contribution in [-0.2, 0) is 0 Å². The zero-order valence-corrected chi connectivity index (χ0v) is 9.15. The number of hydrogen-bond acceptors (Lipinski definition) is 3. The van der Waals surface area contributed by atoms with E-state index in [4.69, 9.17) is 4.42 Å². The molecule has 1 amide bonds. The van der Waals surface area contributed by atoms with Crippen molar-refractivity contribution < 1.29 is 9.21 Å². The molecular formula is C12H12N2O2. The summed E-state index contributed by atoms with van der Waals surface area (Å²) in [5.74, 6) is -0.0717. The van der Waals surface area contributed by atoms with Gasteiger partial charge in [-0.25, -0.2) is 4.98 Å². The third kappa shape index (κ3) is 1.95. The maximum Gasteiger partial charge on any atom is 0.293 e. The van der Waals surface area contributed by atoms with Crippen molar-refractivity contribution in [2.24, 2.45) is 0 Å². The van der Waals surface area contributed by atoms with E-state index < -0.39 is 0 Å². The predicted molar refractivity (Wildman–Crippen MR) is 60.4 cm³/mol. The van der Waals surface area contributed by atoms with E-state index in [1.54, 1.807) is 0 Å². The molecule has 0 saturated carbocycles. The average Bonchev–Trinajstić information content (AvgIpc) is 2.76. The van der Waals surface area contributed by atoms with Gasteiger partial charge in [0.25, 0.3) is 5.91 Å². The number of carbonyl (C=O) groups is 1. The molecule has 16 heavy (non-hydrogen) atoms. The third-order valence-corrected chi connectivity index (χ3v) is 2.38. The van der Waals surface area contributed by atoms with Crippen molar-refractivity contribution in [1.82, 2.24) is 4.98 Å². The van der Waals surface area contributed by atoms with Gasteiger partial charge >= 0.3 is 0 Å². The van der Waals surface area contributed by atoms with Gasteiger partial charge in [0.1, 0.15) is 0 Å². The van der Waals surface area contributed by atoms with Crippen LogP contribution in [0.25, 0.3) is 0 Å². The Morgan fingerprint density at radius 1 is 1.31 bits per heavy atom. The zero-order chi connectivity index (χ0) is 11.5. The molecule has 2 rings (SSSR count). The monoisotopic (exact) mass is 216 g/mol. The van der Waals surface area contributed by atoms with Crippen LogP contribution in [0.1, 0.15) is 21.7 Å². The van der Waals surface area contributed by atoms with Gasteiger partial charge in [0.2, 0.25) is 5.76 Å². The van der Waals surface area contributed by atoms with Gasteiger partial charge in [-0.1, -0.05) is 18.2 Å². The van der Waals surface area contributed by atoms with Gasteiger partial charge < -0.3 is 9.73 Å². The number of aromatic nitrogens is 1. The number of anilines is 1. The molecule has 82 valence electrons. The number of hydrogen-bond donors (Lipinski definition) is 1. The van der Waals surface area contributed by atoms with Crippen LogP contribution in [-0.4, -0.2) is 10.9 Å². The lowest BCUT2D eigenvalue weighted by Gasteiger charge is -2.09. The van der Waals surface area contributed by atoms with Gasteiger partial charge in [-0.15, -0.1) is 0 Å². The number of nitrogens with one attached hydrogen (secondary N) is 1. The van der Waals surface area contributed by atoms with E-state index in [9.17, 15) is 4.79 Å². The van der Waals surface area contributed by atoms with Gasteiger partial charge in [0.05, 0.1) is 6.20 Å². The summed E-state index contributed by atoms with van der Waals surface area (Å²) in [6.07, 6.45) is 2.63. The first-order valence-corrected chi connectivity index (χ1v) is 4.94. The van der Waals surface area contributed by atoms with Crippen LogP contribution >= 0.6 is 0 Å². The third-order valence-electron chi connectivity index (χ3n) is 2.38. The van der Waals surface area contributed by atoms with Gasteiger partial charge in [-0.05, 0) is 25.0 Å². The second kappa shape index (κ2) is 4.18. The lowest BCUT2D eigenvalue weighted by Crippen LogP contribution is -2.12. The summed E-state index contributed by atoms with van der Waals surface area (Å²) in [6, 6.07) is 5.85. The van der Waals surface area contributed by atoms with Crippen molar-refractivity contribution >= 4 is 11.6 Å². The van der Waals surface area contributed by atoms with E-state index in [-0.39, 0.29) is 11.7 Å². The molecule has 1 N–H and O–H groups in total. The lowest BCUT2D eigenvalue weighted by molar-refractivity contribution is 0.0996. The van der Waals surface area contributed by atoms with Crippen LogP contribution in [0.3, 0.4) is 0 Å². The van der Waals surface area contributed by atoms with E-state index in [0.29, 0.717) is 0 Å². The van der Waals surface area contributed by atoms with E-state index in [2.05, 4.69) is 10.3 Å². The molecule has 0 unspecified atom stereocenters. The fraction of sp³-hybridized carbons (Fsp3) is 0.167. The number of aryl methyl sites for hydroxylation is 2. The Morgan fingerprint density at radius 3 is 2.56 bits per heavy atom. The fourth-order valence-electron chi connectivity index (χ4n) is 1.51. The minimum Gasteiger partial charge on any atom is -0.438 e. The van der Waals surface area contributed by atoms with E-state index in [1.165, 1.54) is 12.6 Å². The summed E-state index contributed by atoms with van der Waals surface area (Å²) >= 11 is 0. The Kier molecular flexibility index (Phi) is 2.72. The van der Waals surface area contributed by atoms with Crippen LogP contribution < -0.4 is 5.32 Å². The Labute approximate surface area is 93.3 Å². The normalized spacial score (nSPS) is 10.1. The number of nitrogens with zero attached hydrogens (tertiary/aromatic N) is 1. The molecule has 4 heteroatoms. The molecule has 1 heterocycles. The molecular weight excluding hydrogens is 204 g/mol. The predicted octanol–water partition coefficient (Wildman–Crippen LogP) is 2.54. The van der Waals surface area contributed by atoms with Crippen LogP contribution in [0.15, 0.2) is 35.2 Å². The Morgan fingerprint density at radius 2 is 2.00 bits per heavy atom. The van der Waals surface area contributed by atoms with Gasteiger partial charge in [0.15, 0.2) is 6.39 Å². The summed E-state index contributed by atoms with van der Waals surface area (Å²) in [6.45, 7) is 3.89. The molecule has 0 fully saturated rings. The smallest absolute Gasteiger partial charge is 0.293 e. The second-order valence-electron chi connectivity index (χ2n) is 3.59. The van der Waals surface area contributed by atoms with Crippen molar-refractivity contribution in [3.05, 3.63) is 47.7 Å². The topological polar surface area (TPSA) is 55.1 Å². The Balaban J connectivity index is 2.25. The van der Waals surface area contributed by atoms with Gasteiger partial charge in [-0.3, -0.25) is 4.79 Å². The van der Waals surface area contributed by atoms with Crippen molar-refractivity contribution in [2.75, 3.05) is 5.32 Å². The quantitative estimate of drug-likeness (QED) is 0.839. The molecule has 0 aliphatic heterocycles. The first-order valence-electron chi connectivity index (χ1n) is 4.94. The molecule has 0 radical (unpaired) electrons. The minimum absolute atomic E-state index is 0.211. The number of para-hydroxylation sites is 1. The minimum atomic E-state index is -0.282. The maximum absolute atomic E-state index is 11.7. The Bertz CT molecular complexity index is 483. The van der Waals surface area contributed by atoms with Gasteiger partial charge in [0, 0.05) is 5.69 Å². The number of oxazole rings is 1. The van der Waals surface area contributed by atoms with Crippen LogP contribution in [0.2, 0.25) is 0 Å². The maximum atomic E-state index is 11.7. The molecule has 0 aliphatic rings. The van der Waals surface area contributed by atoms with Crippen molar-refractivity contribution in [1.29, 1.82) is 0 Å². The summed E-state index contributed by atoms with van der Waals surface area (Å²) in [4.78, 5) is 15.4. The molecule has 0 bridgehead atoms. The van der Waals surface area contributed by atoms with Crippen LogP contribution in [0, 0.1) is 13.8 Å². The molecule has 2 aromatic rings. The standard InChI is InChI=1S/C12H12N2O2/c1-8-4-3-5-9(2)11(8)14-12(15)10-6-13-7-16-10/h3-7H,1-2H3,(H,14,15). The SMILES string of the molecule is Cc1cccc(C)c1NC(=O)c1cnco1. The van der Waals surface area contributed by atoms with E-state index >= 15 is 0 Å². The highest BCUT2D eigenvalue weighted by Gasteiger charge is 2.11. The number of benzene rings is 1. The second-order valence-corrected chi connectivity index (χ2v) is 3.59. The summed E-state index contributed by atoms with van der Waals surface area (Å²) in [7, 11) is 0. The van der Waals surface area contributed by atoms with E-state index in [0.717, 1.165) is 16.8 Å². The lowest BCUT2D eigenvalue weighted by atomic mass is 10.1. The highest BCUT2D eigenvalue weighted by atomic mass is 16.3. The molecule has 0 aliphatic carbocycles. The summed E-state index contributed by atoms with van der Waals surface area (Å²) < 4.78 is 4.92. The molecule has 1 aromatic heterocycles. The first-order chi connectivity index (χ1) is 7.68. The number of amides is 1.